The molecule has 1 aliphatic rings. The Morgan fingerprint density at radius 1 is 1.06 bits per heavy atom. The quantitative estimate of drug-likeness (QED) is 0.806. The lowest BCUT2D eigenvalue weighted by Gasteiger charge is -2.25. The first-order valence-electron chi connectivity index (χ1n) is 6.58. The van der Waals surface area contributed by atoms with Crippen molar-refractivity contribution < 1.29 is 0 Å². The van der Waals surface area contributed by atoms with Crippen LogP contribution in [-0.4, -0.2) is 6.04 Å². The zero-order valence-corrected chi connectivity index (χ0v) is 10.4. The molecule has 1 aromatic carbocycles. The van der Waals surface area contributed by atoms with Crippen molar-refractivity contribution in [3.8, 4) is 0 Å². The van der Waals surface area contributed by atoms with Crippen LogP contribution >= 0.6 is 0 Å². The summed E-state index contributed by atoms with van der Waals surface area (Å²) in [5.74, 6) is 0.895. The van der Waals surface area contributed by atoms with Gasteiger partial charge in [0.1, 0.15) is 0 Å². The molecule has 16 heavy (non-hydrogen) atoms. The maximum Gasteiger partial charge on any atom is 0.0294 e. The Kier molecular flexibility index (Phi) is 4.00. The van der Waals surface area contributed by atoms with Gasteiger partial charge in [0.25, 0.3) is 0 Å². The molecule has 1 heteroatoms. The Balaban J connectivity index is 1.89. The summed E-state index contributed by atoms with van der Waals surface area (Å²) in [7, 11) is 0. The van der Waals surface area contributed by atoms with Gasteiger partial charge in [-0.15, -0.1) is 0 Å². The Bertz CT molecular complexity index is 300. The van der Waals surface area contributed by atoms with Crippen molar-refractivity contribution in [2.45, 2.75) is 51.6 Å². The highest BCUT2D eigenvalue weighted by atomic mass is 14.9. The van der Waals surface area contributed by atoms with Crippen molar-refractivity contribution in [1.82, 2.24) is 5.32 Å². The van der Waals surface area contributed by atoms with Crippen LogP contribution in [0.1, 0.15) is 51.1 Å². The normalized spacial score (nSPS) is 20.9. The van der Waals surface area contributed by atoms with Gasteiger partial charge in [-0.25, -0.2) is 0 Å². The zero-order valence-electron chi connectivity index (χ0n) is 10.4. The molecule has 1 fully saturated rings. The largest absolute Gasteiger partial charge is 0.307 e. The molecule has 0 saturated heterocycles. The van der Waals surface area contributed by atoms with Crippen LogP contribution in [0.2, 0.25) is 0 Å². The average molecular weight is 217 g/mol. The van der Waals surface area contributed by atoms with Gasteiger partial charge in [-0.1, -0.05) is 43.2 Å². The van der Waals surface area contributed by atoms with E-state index < -0.39 is 0 Å². The molecule has 0 heterocycles. The summed E-state index contributed by atoms with van der Waals surface area (Å²) in [6.45, 7) is 4.61. The minimum atomic E-state index is 0.469. The molecule has 2 atom stereocenters. The lowest BCUT2D eigenvalue weighted by molar-refractivity contribution is 0.352. The first-order chi connectivity index (χ1) is 7.77. The SMILES string of the molecule is CC(N[C@H](C)c1ccccc1)C1CCCC1. The predicted octanol–water partition coefficient (Wildman–Crippen LogP) is 3.92. The van der Waals surface area contributed by atoms with Gasteiger partial charge in [-0.2, -0.15) is 0 Å². The molecule has 1 aliphatic carbocycles. The van der Waals surface area contributed by atoms with Gasteiger partial charge in [0.2, 0.25) is 0 Å². The van der Waals surface area contributed by atoms with E-state index in [2.05, 4.69) is 49.5 Å². The number of benzene rings is 1. The van der Waals surface area contributed by atoms with Gasteiger partial charge < -0.3 is 5.32 Å². The Morgan fingerprint density at radius 3 is 2.31 bits per heavy atom. The molecule has 0 spiro atoms. The van der Waals surface area contributed by atoms with Gasteiger partial charge in [0, 0.05) is 12.1 Å². The van der Waals surface area contributed by atoms with Crippen molar-refractivity contribution in [2.24, 2.45) is 5.92 Å². The summed E-state index contributed by atoms with van der Waals surface area (Å²) >= 11 is 0. The van der Waals surface area contributed by atoms with E-state index in [9.17, 15) is 0 Å². The standard InChI is InChI=1S/C15H23N/c1-12(14-8-4-3-5-9-14)16-13(2)15-10-6-7-11-15/h3-5,8-9,12-13,15-16H,6-7,10-11H2,1-2H3/t12-,13?/m1/s1. The molecular weight excluding hydrogens is 194 g/mol. The molecular formula is C15H23N. The summed E-state index contributed by atoms with van der Waals surface area (Å²) in [6, 6.07) is 11.9. The van der Waals surface area contributed by atoms with Gasteiger partial charge >= 0.3 is 0 Å². The first kappa shape index (κ1) is 11.7. The highest BCUT2D eigenvalue weighted by molar-refractivity contribution is 5.18. The van der Waals surface area contributed by atoms with E-state index in [0.717, 1.165) is 5.92 Å². The van der Waals surface area contributed by atoms with Crippen molar-refractivity contribution in [3.05, 3.63) is 35.9 Å². The summed E-state index contributed by atoms with van der Waals surface area (Å²) in [5.41, 5.74) is 1.40. The molecule has 0 aromatic heterocycles. The van der Waals surface area contributed by atoms with E-state index in [1.165, 1.54) is 31.2 Å². The fraction of sp³-hybridized carbons (Fsp3) is 0.600. The fourth-order valence-corrected chi connectivity index (χ4v) is 2.83. The van der Waals surface area contributed by atoms with Crippen LogP contribution in [0.25, 0.3) is 0 Å². The third-order valence-corrected chi connectivity index (χ3v) is 3.92. The highest BCUT2D eigenvalue weighted by Gasteiger charge is 2.22. The molecule has 1 nitrogen and oxygen atoms in total. The summed E-state index contributed by atoms with van der Waals surface area (Å²) in [5, 5.41) is 3.74. The van der Waals surface area contributed by atoms with Crippen molar-refractivity contribution in [1.29, 1.82) is 0 Å². The van der Waals surface area contributed by atoms with E-state index in [0.29, 0.717) is 12.1 Å². The smallest absolute Gasteiger partial charge is 0.0294 e. The molecule has 2 rings (SSSR count). The summed E-state index contributed by atoms with van der Waals surface area (Å²) in [4.78, 5) is 0. The Labute approximate surface area is 99.3 Å². The topological polar surface area (TPSA) is 12.0 Å². The Morgan fingerprint density at radius 2 is 1.69 bits per heavy atom. The second-order valence-corrected chi connectivity index (χ2v) is 5.13. The third-order valence-electron chi connectivity index (χ3n) is 3.92. The molecule has 88 valence electrons. The molecule has 0 amide bonds. The Hall–Kier alpha value is -0.820. The molecule has 0 radical (unpaired) electrons. The van der Waals surface area contributed by atoms with Crippen LogP contribution in [0.5, 0.6) is 0 Å². The molecule has 1 aromatic rings. The summed E-state index contributed by atoms with van der Waals surface area (Å²) in [6.07, 6.45) is 5.68. The predicted molar refractivity (Wildman–Crippen MR) is 69.4 cm³/mol. The second kappa shape index (κ2) is 5.49. The van der Waals surface area contributed by atoms with Crippen LogP contribution in [0.15, 0.2) is 30.3 Å². The molecule has 0 bridgehead atoms. The van der Waals surface area contributed by atoms with Gasteiger partial charge in [-0.05, 0) is 38.2 Å². The molecule has 1 unspecified atom stereocenters. The van der Waals surface area contributed by atoms with Crippen LogP contribution in [0.3, 0.4) is 0 Å². The van der Waals surface area contributed by atoms with Crippen LogP contribution < -0.4 is 5.32 Å². The second-order valence-electron chi connectivity index (χ2n) is 5.13. The number of rotatable bonds is 4. The maximum atomic E-state index is 3.74. The average Bonchev–Trinajstić information content (AvgIpc) is 2.83. The fourth-order valence-electron chi connectivity index (χ4n) is 2.83. The minimum absolute atomic E-state index is 0.469. The summed E-state index contributed by atoms with van der Waals surface area (Å²) < 4.78 is 0. The monoisotopic (exact) mass is 217 g/mol. The highest BCUT2D eigenvalue weighted by Crippen LogP contribution is 2.28. The number of nitrogens with one attached hydrogen (secondary N) is 1. The van der Waals surface area contributed by atoms with Crippen molar-refractivity contribution >= 4 is 0 Å². The number of hydrogen-bond acceptors (Lipinski definition) is 1. The van der Waals surface area contributed by atoms with Crippen LogP contribution in [0, 0.1) is 5.92 Å². The van der Waals surface area contributed by atoms with Gasteiger partial charge in [0.05, 0.1) is 0 Å². The van der Waals surface area contributed by atoms with E-state index in [4.69, 9.17) is 0 Å². The van der Waals surface area contributed by atoms with Gasteiger partial charge in [-0.3, -0.25) is 0 Å². The molecule has 0 aliphatic heterocycles. The van der Waals surface area contributed by atoms with Crippen LogP contribution in [-0.2, 0) is 0 Å². The van der Waals surface area contributed by atoms with E-state index in [1.54, 1.807) is 0 Å². The van der Waals surface area contributed by atoms with Crippen LogP contribution in [0.4, 0.5) is 0 Å². The van der Waals surface area contributed by atoms with Gasteiger partial charge in [0.15, 0.2) is 0 Å². The minimum Gasteiger partial charge on any atom is -0.307 e. The third kappa shape index (κ3) is 2.85. The number of hydrogen-bond donors (Lipinski definition) is 1. The lowest BCUT2D eigenvalue weighted by Crippen LogP contribution is -2.34. The lowest BCUT2D eigenvalue weighted by atomic mass is 9.98. The van der Waals surface area contributed by atoms with Crippen molar-refractivity contribution in [2.75, 3.05) is 0 Å². The molecule has 1 saturated carbocycles. The zero-order chi connectivity index (χ0) is 11.4. The molecule has 1 N–H and O–H groups in total. The van der Waals surface area contributed by atoms with E-state index in [-0.39, 0.29) is 0 Å². The van der Waals surface area contributed by atoms with E-state index >= 15 is 0 Å². The van der Waals surface area contributed by atoms with E-state index in [1.807, 2.05) is 0 Å². The maximum absolute atomic E-state index is 3.74. The van der Waals surface area contributed by atoms with Crippen molar-refractivity contribution in [3.63, 3.8) is 0 Å². The first-order valence-corrected chi connectivity index (χ1v) is 6.58.